The van der Waals surface area contributed by atoms with Crippen molar-refractivity contribution in [2.24, 2.45) is 5.92 Å². The summed E-state index contributed by atoms with van der Waals surface area (Å²) >= 11 is 0. The number of alkyl halides is 3. The van der Waals surface area contributed by atoms with Crippen LogP contribution in [0.3, 0.4) is 0 Å². The predicted molar refractivity (Wildman–Crippen MR) is 172 cm³/mol. The van der Waals surface area contributed by atoms with Crippen LogP contribution in [0.1, 0.15) is 76.0 Å². The molecule has 3 unspecified atom stereocenters. The summed E-state index contributed by atoms with van der Waals surface area (Å²) in [6, 6.07) is 9.27. The number of amides is 2. The number of hydrogen-bond donors (Lipinski definition) is 2. The number of fused-ring (bicyclic) bond motifs is 1. The van der Waals surface area contributed by atoms with Crippen molar-refractivity contribution in [2.75, 3.05) is 0 Å². The van der Waals surface area contributed by atoms with Crippen LogP contribution in [0.5, 0.6) is 0 Å². The molecule has 2 aromatic carbocycles. The normalized spacial score (nSPS) is 17.4. The Morgan fingerprint density at radius 3 is 2.53 bits per heavy atom. The van der Waals surface area contributed by atoms with Crippen LogP contribution < -0.4 is 10.6 Å². The van der Waals surface area contributed by atoms with E-state index in [4.69, 9.17) is 0 Å². The molecule has 0 spiro atoms. The van der Waals surface area contributed by atoms with Gasteiger partial charge in [-0.2, -0.15) is 13.2 Å². The van der Waals surface area contributed by atoms with Crippen molar-refractivity contribution in [3.8, 4) is 11.1 Å². The van der Waals surface area contributed by atoms with E-state index in [0.717, 1.165) is 30.0 Å². The van der Waals surface area contributed by atoms with Crippen LogP contribution >= 0.6 is 0 Å². The molecule has 7 nitrogen and oxygen atoms in total. The summed E-state index contributed by atoms with van der Waals surface area (Å²) in [6.45, 7) is 7.62. The van der Waals surface area contributed by atoms with Gasteiger partial charge in [0.1, 0.15) is 11.9 Å². The van der Waals surface area contributed by atoms with Crippen molar-refractivity contribution >= 4 is 17.6 Å². The van der Waals surface area contributed by atoms with Gasteiger partial charge in [0.2, 0.25) is 17.6 Å². The lowest BCUT2D eigenvalue weighted by atomic mass is 9.93. The van der Waals surface area contributed by atoms with Crippen LogP contribution in [0.4, 0.5) is 17.6 Å². The fourth-order valence-electron chi connectivity index (χ4n) is 5.96. The minimum atomic E-state index is -4.64. The summed E-state index contributed by atoms with van der Waals surface area (Å²) in [5, 5.41) is 5.86. The molecule has 248 valence electrons. The molecule has 11 heteroatoms. The Morgan fingerprint density at radius 2 is 1.83 bits per heavy atom. The number of nitrogens with one attached hydrogen (secondary N) is 2. The van der Waals surface area contributed by atoms with E-state index in [9.17, 15) is 27.2 Å². The molecule has 1 fully saturated rings. The van der Waals surface area contributed by atoms with E-state index in [-0.39, 0.29) is 24.2 Å². The highest BCUT2D eigenvalue weighted by atomic mass is 19.4. The molecule has 2 N–H and O–H groups in total. The van der Waals surface area contributed by atoms with Crippen LogP contribution in [0, 0.1) is 11.7 Å². The Bertz CT molecular complexity index is 1780. The number of carbonyl (C=O) groups excluding carboxylic acids is 2. The number of nitrogens with zero attached hydrogens (tertiary/aromatic N) is 3. The second kappa shape index (κ2) is 13.7. The third-order valence-electron chi connectivity index (χ3n) is 8.43. The zero-order valence-electron chi connectivity index (χ0n) is 26.9. The lowest BCUT2D eigenvalue weighted by Gasteiger charge is -2.29. The highest BCUT2D eigenvalue weighted by molar-refractivity contribution is 5.90. The van der Waals surface area contributed by atoms with E-state index in [1.54, 1.807) is 41.2 Å². The topological polar surface area (TPSA) is 88.4 Å². The zero-order chi connectivity index (χ0) is 33.9. The van der Waals surface area contributed by atoms with E-state index in [1.165, 1.54) is 24.4 Å². The smallest absolute Gasteiger partial charge is 0.349 e. The van der Waals surface area contributed by atoms with E-state index >= 15 is 0 Å². The number of imidazole rings is 1. The van der Waals surface area contributed by atoms with Gasteiger partial charge < -0.3 is 10.6 Å². The average molecular weight is 650 g/mol. The molecule has 0 bridgehead atoms. The molecule has 1 aliphatic rings. The summed E-state index contributed by atoms with van der Waals surface area (Å²) in [5.74, 6) is -2.10. The highest BCUT2D eigenvalue weighted by Gasteiger charge is 2.48. The molecule has 47 heavy (non-hydrogen) atoms. The Hall–Kier alpha value is -4.54. The van der Waals surface area contributed by atoms with Crippen LogP contribution in [-0.2, 0) is 22.2 Å². The molecule has 4 aromatic rings. The number of hydrogen-bond acceptors (Lipinski definition) is 4. The first-order chi connectivity index (χ1) is 22.2. The van der Waals surface area contributed by atoms with E-state index in [2.05, 4.69) is 20.6 Å². The van der Waals surface area contributed by atoms with Gasteiger partial charge in [-0.05, 0) is 87.3 Å². The van der Waals surface area contributed by atoms with Gasteiger partial charge in [-0.25, -0.2) is 14.4 Å². The number of carbonyl (C=O) groups is 2. The fraction of sp³-hybridized carbons (Fsp3) is 0.389. The van der Waals surface area contributed by atoms with E-state index in [1.807, 2.05) is 33.8 Å². The molecule has 1 aliphatic carbocycles. The second-order valence-electron chi connectivity index (χ2n) is 13.0. The van der Waals surface area contributed by atoms with Gasteiger partial charge in [-0.15, -0.1) is 0 Å². The van der Waals surface area contributed by atoms with Crippen LogP contribution in [-0.4, -0.2) is 37.8 Å². The van der Waals surface area contributed by atoms with Gasteiger partial charge in [-0.1, -0.05) is 49.3 Å². The summed E-state index contributed by atoms with van der Waals surface area (Å²) in [5.41, 5.74) is 1.15. The maximum Gasteiger partial charge on any atom is 0.416 e. The first-order valence-corrected chi connectivity index (χ1v) is 15.8. The Balaban J connectivity index is 1.32. The largest absolute Gasteiger partial charge is 0.416 e. The standard InChI is InChI=1S/C36H39F4N5O2/c1-5-6-7-22(2)16-31(33(47)44-35(3,4)19-23-8-11-26(37)12-9-23)43-32(46)29-18-28(29)27-13-10-24(17-30(27)36(38,39)40)25-20-42-34-41-14-15-45(34)21-25/h7-15,17,20-21,28-29,31H,5-6,16,18-19H2,1-4H3,(H,43,46)(H,44,47)/b22-7+. The van der Waals surface area contributed by atoms with E-state index in [0.29, 0.717) is 23.3 Å². The van der Waals surface area contributed by atoms with Crippen molar-refractivity contribution in [1.29, 1.82) is 0 Å². The van der Waals surface area contributed by atoms with Gasteiger partial charge in [0.25, 0.3) is 0 Å². The van der Waals surface area contributed by atoms with Gasteiger partial charge in [0.15, 0.2) is 0 Å². The SMILES string of the molecule is CCC/C=C(\C)CC(NC(=O)C1CC1c1ccc(-c2cnc3nccn3c2)cc1C(F)(F)F)C(=O)NC(C)(C)Cc1ccc(F)cc1. The zero-order valence-corrected chi connectivity index (χ0v) is 26.9. The number of unbranched alkanes of at least 4 members (excludes halogenated alkanes) is 1. The maximum atomic E-state index is 14.3. The number of rotatable bonds is 12. The third kappa shape index (κ3) is 8.44. The molecule has 2 aromatic heterocycles. The Labute approximate surface area is 271 Å². The molecule has 1 saturated carbocycles. The lowest BCUT2D eigenvalue weighted by Crippen LogP contribution is -2.54. The minimum absolute atomic E-state index is 0.0542. The Morgan fingerprint density at radius 1 is 1.09 bits per heavy atom. The van der Waals surface area contributed by atoms with Crippen molar-refractivity contribution < 1.29 is 27.2 Å². The summed E-state index contributed by atoms with van der Waals surface area (Å²) < 4.78 is 58.1. The molecule has 5 rings (SSSR count). The van der Waals surface area contributed by atoms with Gasteiger partial charge in [0.05, 0.1) is 5.56 Å². The van der Waals surface area contributed by atoms with Crippen LogP contribution in [0.25, 0.3) is 16.9 Å². The summed E-state index contributed by atoms with van der Waals surface area (Å²) in [6.07, 6.45) is 6.42. The van der Waals surface area contributed by atoms with Crippen molar-refractivity contribution in [1.82, 2.24) is 25.0 Å². The van der Waals surface area contributed by atoms with Gasteiger partial charge >= 0.3 is 6.18 Å². The Kier molecular flexibility index (Phi) is 9.84. The van der Waals surface area contributed by atoms with Gasteiger partial charge in [-0.3, -0.25) is 14.0 Å². The average Bonchev–Trinajstić information content (AvgIpc) is 3.68. The van der Waals surface area contributed by atoms with Crippen LogP contribution in [0.2, 0.25) is 0 Å². The van der Waals surface area contributed by atoms with Crippen molar-refractivity contribution in [3.63, 3.8) is 0 Å². The highest BCUT2D eigenvalue weighted by Crippen LogP contribution is 2.51. The fourth-order valence-corrected chi connectivity index (χ4v) is 5.96. The lowest BCUT2D eigenvalue weighted by molar-refractivity contribution is -0.138. The molecule has 3 atom stereocenters. The monoisotopic (exact) mass is 649 g/mol. The predicted octanol–water partition coefficient (Wildman–Crippen LogP) is 7.42. The molecule has 2 heterocycles. The van der Waals surface area contributed by atoms with Crippen LogP contribution in [0.15, 0.2) is 78.9 Å². The second-order valence-corrected chi connectivity index (χ2v) is 13.0. The molecule has 2 amide bonds. The summed E-state index contributed by atoms with van der Waals surface area (Å²) in [4.78, 5) is 35.4. The summed E-state index contributed by atoms with van der Waals surface area (Å²) in [7, 11) is 0. The van der Waals surface area contributed by atoms with E-state index < -0.39 is 47.0 Å². The molecular weight excluding hydrogens is 610 g/mol. The molecule has 0 radical (unpaired) electrons. The van der Waals surface area contributed by atoms with Crippen molar-refractivity contribution in [2.45, 2.75) is 83.5 Å². The quantitative estimate of drug-likeness (QED) is 0.124. The van der Waals surface area contributed by atoms with Crippen molar-refractivity contribution in [3.05, 3.63) is 101 Å². The molecular formula is C36H39F4N5O2. The third-order valence-corrected chi connectivity index (χ3v) is 8.43. The number of benzene rings is 2. The minimum Gasteiger partial charge on any atom is -0.349 e. The first-order valence-electron chi connectivity index (χ1n) is 15.8. The molecule has 0 aliphatic heterocycles. The first kappa shape index (κ1) is 33.8. The number of aromatic nitrogens is 3. The van der Waals surface area contributed by atoms with Gasteiger partial charge in [0, 0.05) is 41.8 Å². The molecule has 0 saturated heterocycles. The number of allylic oxidation sites excluding steroid dienone is 1. The maximum absolute atomic E-state index is 14.3. The number of halogens is 4.